The van der Waals surface area contributed by atoms with E-state index in [1.54, 1.807) is 6.07 Å². The number of fused-ring (bicyclic) bond motifs is 2. The maximum absolute atomic E-state index is 13.5. The molecule has 0 unspecified atom stereocenters. The smallest absolute Gasteiger partial charge is 0.307 e. The number of hydrogen-bond acceptors (Lipinski definition) is 8. The summed E-state index contributed by atoms with van der Waals surface area (Å²) >= 11 is 0. The molecule has 2 aromatic heterocycles. The van der Waals surface area contributed by atoms with Gasteiger partial charge in [0.2, 0.25) is 5.89 Å². The van der Waals surface area contributed by atoms with Gasteiger partial charge in [0.1, 0.15) is 11.6 Å². The van der Waals surface area contributed by atoms with Crippen LogP contribution in [0, 0.1) is 31.1 Å². The van der Waals surface area contributed by atoms with Crippen molar-refractivity contribution in [1.82, 2.24) is 24.3 Å². The molecule has 2 N–H and O–H groups in total. The first kappa shape index (κ1) is 31.3. The number of amides is 1. The lowest BCUT2D eigenvalue weighted by molar-refractivity contribution is -0.141. The van der Waals surface area contributed by atoms with Gasteiger partial charge in [-0.25, -0.2) is 9.97 Å². The Kier molecular flexibility index (Phi) is 8.07. The molecule has 3 aromatic carbocycles. The number of carbonyl (C=O) groups excluding carboxylic acids is 1. The van der Waals surface area contributed by atoms with Gasteiger partial charge in [-0.15, -0.1) is 0 Å². The monoisotopic (exact) mass is 643 g/mol. The molecule has 7 rings (SSSR count). The second-order valence-corrected chi connectivity index (χ2v) is 13.0. The van der Waals surface area contributed by atoms with E-state index in [0.717, 1.165) is 64.3 Å². The van der Waals surface area contributed by atoms with Gasteiger partial charge in [0.25, 0.3) is 5.91 Å². The van der Waals surface area contributed by atoms with E-state index in [2.05, 4.69) is 33.2 Å². The number of rotatable bonds is 7. The van der Waals surface area contributed by atoms with Crippen LogP contribution in [0.3, 0.4) is 0 Å². The van der Waals surface area contributed by atoms with Crippen LogP contribution in [-0.2, 0) is 31.4 Å². The van der Waals surface area contributed by atoms with Crippen LogP contribution in [0.1, 0.15) is 50.7 Å². The number of benzene rings is 3. The summed E-state index contributed by atoms with van der Waals surface area (Å²) in [4.78, 5) is 38.7. The van der Waals surface area contributed by atoms with Crippen molar-refractivity contribution in [2.45, 2.75) is 39.8 Å². The van der Waals surface area contributed by atoms with Crippen LogP contribution < -0.4 is 5.32 Å². The van der Waals surface area contributed by atoms with Gasteiger partial charge < -0.3 is 24.3 Å². The van der Waals surface area contributed by atoms with Crippen molar-refractivity contribution in [3.8, 4) is 28.7 Å². The highest BCUT2D eigenvalue weighted by Gasteiger charge is 2.28. The third kappa shape index (κ3) is 5.63. The van der Waals surface area contributed by atoms with Crippen LogP contribution in [0.25, 0.3) is 33.7 Å². The molecule has 4 heterocycles. The first-order chi connectivity index (χ1) is 23.1. The van der Waals surface area contributed by atoms with Crippen LogP contribution in [0.2, 0.25) is 0 Å². The van der Waals surface area contributed by atoms with E-state index < -0.39 is 5.97 Å². The molecule has 11 nitrogen and oxygen atoms in total. The molecule has 2 aliphatic rings. The van der Waals surface area contributed by atoms with Crippen LogP contribution in [-0.4, -0.2) is 68.0 Å². The number of anilines is 1. The zero-order valence-corrected chi connectivity index (χ0v) is 27.5. The first-order valence-corrected chi connectivity index (χ1v) is 16.1. The number of carbonyl (C=O) groups is 2. The number of aliphatic carboxylic acids is 1. The Morgan fingerprint density at radius 1 is 1.04 bits per heavy atom. The number of likely N-dealkylation sites (tertiary alicyclic amines) is 1. The fraction of sp³-hybridized carbons (Fsp3) is 0.324. The fourth-order valence-electron chi connectivity index (χ4n) is 7.08. The van der Waals surface area contributed by atoms with E-state index in [1.807, 2.05) is 67.9 Å². The van der Waals surface area contributed by atoms with E-state index in [-0.39, 0.29) is 11.8 Å². The summed E-state index contributed by atoms with van der Waals surface area (Å²) < 4.78 is 8.14. The third-order valence-corrected chi connectivity index (χ3v) is 9.78. The fourth-order valence-corrected chi connectivity index (χ4v) is 7.08. The van der Waals surface area contributed by atoms with E-state index in [1.165, 1.54) is 0 Å². The summed E-state index contributed by atoms with van der Waals surface area (Å²) in [7, 11) is 3.96. The van der Waals surface area contributed by atoms with Crippen molar-refractivity contribution in [3.63, 3.8) is 0 Å². The molecule has 0 spiro atoms. The number of carboxylic acids is 1. The Balaban J connectivity index is 1.17. The number of carboxylic acid groups (broad SMARTS) is 1. The zero-order chi connectivity index (χ0) is 33.7. The highest BCUT2D eigenvalue weighted by atomic mass is 16.4. The van der Waals surface area contributed by atoms with E-state index >= 15 is 0 Å². The van der Waals surface area contributed by atoms with Crippen LogP contribution in [0.4, 0.5) is 5.69 Å². The van der Waals surface area contributed by atoms with Gasteiger partial charge in [-0.3, -0.25) is 14.5 Å². The summed E-state index contributed by atoms with van der Waals surface area (Å²) in [6.45, 7) is 7.40. The summed E-state index contributed by atoms with van der Waals surface area (Å²) in [6, 6.07) is 17.8. The molecule has 1 saturated heterocycles. The lowest BCUT2D eigenvalue weighted by Crippen LogP contribution is -2.27. The Labute approximate surface area is 278 Å². The minimum Gasteiger partial charge on any atom is -0.481 e. The average Bonchev–Trinajstić information content (AvgIpc) is 3.79. The highest BCUT2D eigenvalue weighted by molar-refractivity contribution is 6.03. The van der Waals surface area contributed by atoms with Crippen molar-refractivity contribution >= 4 is 28.7 Å². The number of imidazole rings is 1. The predicted molar refractivity (Wildman–Crippen MR) is 181 cm³/mol. The minimum absolute atomic E-state index is 0.245. The second-order valence-electron chi connectivity index (χ2n) is 13.0. The minimum atomic E-state index is -0.771. The van der Waals surface area contributed by atoms with Crippen molar-refractivity contribution in [2.24, 2.45) is 13.0 Å². The van der Waals surface area contributed by atoms with Gasteiger partial charge in [0.05, 0.1) is 17.2 Å². The lowest BCUT2D eigenvalue weighted by atomic mass is 9.93. The van der Waals surface area contributed by atoms with Gasteiger partial charge in [-0.1, -0.05) is 24.3 Å². The van der Waals surface area contributed by atoms with Gasteiger partial charge in [0, 0.05) is 56.6 Å². The summed E-state index contributed by atoms with van der Waals surface area (Å²) in [5.41, 5.74) is 9.68. The SMILES string of the molecule is Cc1c(NC(=O)c2nc3c(n2C)CCN(C)C3)cccc1-c1cccc(-c2nc3cc(CN4CC[C@@H](C(=O)O)C4)cc(C#N)c3o2)c1C. The molecule has 5 aromatic rings. The molecule has 2 aliphatic heterocycles. The number of nitrogens with zero attached hydrogens (tertiary/aromatic N) is 6. The second kappa shape index (κ2) is 12.4. The molecular formula is C37H37N7O4. The number of likely N-dealkylation sites (N-methyl/N-ethyl adjacent to an activating group) is 1. The zero-order valence-electron chi connectivity index (χ0n) is 27.5. The van der Waals surface area contributed by atoms with Gasteiger partial charge >= 0.3 is 5.97 Å². The molecule has 0 bridgehead atoms. The topological polar surface area (TPSA) is 141 Å². The lowest BCUT2D eigenvalue weighted by Gasteiger charge is -2.21. The molecule has 48 heavy (non-hydrogen) atoms. The highest BCUT2D eigenvalue weighted by Crippen LogP contribution is 2.37. The molecule has 1 fully saturated rings. The van der Waals surface area contributed by atoms with E-state index in [0.29, 0.717) is 60.1 Å². The first-order valence-electron chi connectivity index (χ1n) is 16.1. The molecule has 11 heteroatoms. The average molecular weight is 644 g/mol. The normalized spacial score (nSPS) is 16.6. The maximum Gasteiger partial charge on any atom is 0.307 e. The maximum atomic E-state index is 13.5. The Hall–Kier alpha value is -5.31. The molecule has 0 radical (unpaired) electrons. The molecule has 244 valence electrons. The van der Waals surface area contributed by atoms with E-state index in [9.17, 15) is 20.0 Å². The van der Waals surface area contributed by atoms with Crippen LogP contribution >= 0.6 is 0 Å². The summed E-state index contributed by atoms with van der Waals surface area (Å²) in [6.07, 6.45) is 1.48. The standard InChI is InChI=1S/C37H37N7O4/c1-21-26(27-8-6-10-29(22(27)2)40-35(45)34-39-31-20-42(3)13-12-32(31)43(34)4)7-5-9-28(21)36-41-30-16-23(15-25(17-38)33(30)48-36)18-44-14-11-24(19-44)37(46)47/h5-10,15-16,24H,11-14,18-20H2,1-4H3,(H,40,45)(H,46,47)/t24-/m1/s1. The molecule has 1 atom stereocenters. The van der Waals surface area contributed by atoms with Crippen LogP contribution in [0.15, 0.2) is 52.9 Å². The summed E-state index contributed by atoms with van der Waals surface area (Å²) in [5.74, 6) is -0.569. The largest absolute Gasteiger partial charge is 0.481 e. The van der Waals surface area contributed by atoms with Gasteiger partial charge in [-0.05, 0) is 85.9 Å². The molecule has 1 amide bonds. The van der Waals surface area contributed by atoms with Crippen molar-refractivity contribution in [3.05, 3.63) is 88.0 Å². The number of nitriles is 1. The van der Waals surface area contributed by atoms with Crippen LogP contribution in [0.5, 0.6) is 0 Å². The van der Waals surface area contributed by atoms with Crippen molar-refractivity contribution < 1.29 is 19.1 Å². The Morgan fingerprint density at radius 3 is 2.54 bits per heavy atom. The number of nitrogens with one attached hydrogen (secondary N) is 1. The summed E-state index contributed by atoms with van der Waals surface area (Å²) in [5, 5.41) is 22.4. The van der Waals surface area contributed by atoms with Gasteiger partial charge in [-0.2, -0.15) is 5.26 Å². The molecule has 0 aliphatic carbocycles. The Bertz CT molecular complexity index is 2140. The van der Waals surface area contributed by atoms with Crippen molar-refractivity contribution in [1.29, 1.82) is 5.26 Å². The number of aromatic nitrogens is 3. The quantitative estimate of drug-likeness (QED) is 0.234. The number of oxazole rings is 1. The third-order valence-electron chi connectivity index (χ3n) is 9.78. The number of hydrogen-bond donors (Lipinski definition) is 2. The molecule has 0 saturated carbocycles. The van der Waals surface area contributed by atoms with E-state index in [4.69, 9.17) is 9.40 Å². The predicted octanol–water partition coefficient (Wildman–Crippen LogP) is 5.53. The Morgan fingerprint density at radius 2 is 1.79 bits per heavy atom. The molecular weight excluding hydrogens is 606 g/mol. The van der Waals surface area contributed by atoms with Gasteiger partial charge in [0.15, 0.2) is 11.4 Å². The van der Waals surface area contributed by atoms with Crippen molar-refractivity contribution in [2.75, 3.05) is 32.0 Å².